The first kappa shape index (κ1) is 22.9. The van der Waals surface area contributed by atoms with E-state index in [1.807, 2.05) is 0 Å². The lowest BCUT2D eigenvalue weighted by atomic mass is 9.80. The number of hydrogen-bond donors (Lipinski definition) is 2. The zero-order valence-electron chi connectivity index (χ0n) is 15.8. The van der Waals surface area contributed by atoms with Crippen molar-refractivity contribution in [2.24, 2.45) is 5.41 Å². The van der Waals surface area contributed by atoms with Crippen LogP contribution in [0.15, 0.2) is 0 Å². The largest absolute Gasteiger partial charge is 0.480 e. The van der Waals surface area contributed by atoms with Gasteiger partial charge in [-0.2, -0.15) is 0 Å². The van der Waals surface area contributed by atoms with Crippen molar-refractivity contribution in [1.82, 2.24) is 0 Å². The fraction of sp³-hybridized carbons (Fsp3) is 0.900. The van der Waals surface area contributed by atoms with Crippen LogP contribution in [0.3, 0.4) is 0 Å². The standard InChI is InChI=1S/C20H38O4/c1-3-5-6-7-8-9-10-11-12-13-14-15-16-17-20(4-2,18(21)22)19(23)24/h3-17H2,1-2H3,(H,21,22)(H,23,24). The van der Waals surface area contributed by atoms with Crippen molar-refractivity contribution < 1.29 is 19.8 Å². The van der Waals surface area contributed by atoms with Gasteiger partial charge in [-0.1, -0.05) is 97.3 Å². The lowest BCUT2D eigenvalue weighted by Gasteiger charge is -2.22. The Morgan fingerprint density at radius 3 is 1.25 bits per heavy atom. The second-order valence-corrected chi connectivity index (χ2v) is 7.04. The molecule has 0 fully saturated rings. The summed E-state index contributed by atoms with van der Waals surface area (Å²) in [6.07, 6.45) is 16.2. The summed E-state index contributed by atoms with van der Waals surface area (Å²) < 4.78 is 0. The van der Waals surface area contributed by atoms with Gasteiger partial charge in [0.1, 0.15) is 0 Å². The number of carboxylic acids is 2. The Morgan fingerprint density at radius 1 is 0.625 bits per heavy atom. The Labute approximate surface area is 148 Å². The maximum Gasteiger partial charge on any atom is 0.321 e. The van der Waals surface area contributed by atoms with Crippen LogP contribution in [0.5, 0.6) is 0 Å². The van der Waals surface area contributed by atoms with Crippen molar-refractivity contribution in [3.05, 3.63) is 0 Å². The van der Waals surface area contributed by atoms with E-state index < -0.39 is 17.4 Å². The third kappa shape index (κ3) is 9.29. The number of carbonyl (C=O) groups is 2. The number of hydrogen-bond acceptors (Lipinski definition) is 2. The second-order valence-electron chi connectivity index (χ2n) is 7.04. The summed E-state index contributed by atoms with van der Waals surface area (Å²) in [5, 5.41) is 18.4. The summed E-state index contributed by atoms with van der Waals surface area (Å²) in [6.45, 7) is 3.88. The highest BCUT2D eigenvalue weighted by atomic mass is 16.4. The van der Waals surface area contributed by atoms with Crippen LogP contribution >= 0.6 is 0 Å². The molecule has 0 bridgehead atoms. The number of carboxylic acid groups (broad SMARTS) is 2. The Kier molecular flexibility index (Phi) is 13.7. The van der Waals surface area contributed by atoms with Crippen LogP contribution < -0.4 is 0 Å². The van der Waals surface area contributed by atoms with Gasteiger partial charge in [0.15, 0.2) is 5.41 Å². The van der Waals surface area contributed by atoms with Gasteiger partial charge in [0.2, 0.25) is 0 Å². The summed E-state index contributed by atoms with van der Waals surface area (Å²) in [5.74, 6) is -2.40. The van der Waals surface area contributed by atoms with Gasteiger partial charge < -0.3 is 10.2 Å². The first-order chi connectivity index (χ1) is 11.5. The molecule has 0 saturated carbocycles. The van der Waals surface area contributed by atoms with E-state index in [2.05, 4.69) is 6.92 Å². The molecular weight excluding hydrogens is 304 g/mol. The zero-order valence-corrected chi connectivity index (χ0v) is 15.8. The van der Waals surface area contributed by atoms with Gasteiger partial charge in [-0.15, -0.1) is 0 Å². The normalized spacial score (nSPS) is 11.6. The van der Waals surface area contributed by atoms with E-state index in [1.165, 1.54) is 64.2 Å². The van der Waals surface area contributed by atoms with Crippen LogP contribution in [0.4, 0.5) is 0 Å². The molecule has 24 heavy (non-hydrogen) atoms. The fourth-order valence-electron chi connectivity index (χ4n) is 3.23. The first-order valence-corrected chi connectivity index (χ1v) is 9.98. The SMILES string of the molecule is CCCCCCCCCCCCCCCC(CC)(C(=O)O)C(=O)O. The summed E-state index contributed by atoms with van der Waals surface area (Å²) in [5.41, 5.74) is -1.59. The Bertz CT molecular complexity index is 325. The van der Waals surface area contributed by atoms with Crippen LogP contribution in [0.25, 0.3) is 0 Å². The van der Waals surface area contributed by atoms with Crippen LogP contribution in [-0.4, -0.2) is 22.2 Å². The fourth-order valence-corrected chi connectivity index (χ4v) is 3.23. The monoisotopic (exact) mass is 342 g/mol. The maximum absolute atomic E-state index is 11.3. The highest BCUT2D eigenvalue weighted by Crippen LogP contribution is 2.30. The third-order valence-electron chi connectivity index (χ3n) is 5.13. The Hall–Kier alpha value is -1.06. The molecule has 0 spiro atoms. The van der Waals surface area contributed by atoms with Gasteiger partial charge >= 0.3 is 11.9 Å². The molecule has 0 saturated heterocycles. The van der Waals surface area contributed by atoms with E-state index in [-0.39, 0.29) is 12.8 Å². The van der Waals surface area contributed by atoms with E-state index in [0.717, 1.165) is 12.8 Å². The van der Waals surface area contributed by atoms with Crippen molar-refractivity contribution >= 4 is 11.9 Å². The number of rotatable bonds is 17. The van der Waals surface area contributed by atoms with Gasteiger partial charge in [0.25, 0.3) is 0 Å². The molecule has 4 nitrogen and oxygen atoms in total. The first-order valence-electron chi connectivity index (χ1n) is 9.98. The molecule has 142 valence electrons. The molecule has 0 aliphatic carbocycles. The minimum atomic E-state index is -1.59. The minimum absolute atomic E-state index is 0.149. The van der Waals surface area contributed by atoms with Crippen molar-refractivity contribution in [2.75, 3.05) is 0 Å². The molecule has 0 heterocycles. The van der Waals surface area contributed by atoms with Crippen molar-refractivity contribution in [2.45, 2.75) is 110 Å². The summed E-state index contributed by atoms with van der Waals surface area (Å²) in [7, 11) is 0. The van der Waals surface area contributed by atoms with Gasteiger partial charge in [0, 0.05) is 0 Å². The summed E-state index contributed by atoms with van der Waals surface area (Å²) >= 11 is 0. The van der Waals surface area contributed by atoms with Crippen molar-refractivity contribution in [3.8, 4) is 0 Å². The predicted molar refractivity (Wildman–Crippen MR) is 98.3 cm³/mol. The highest BCUT2D eigenvalue weighted by molar-refractivity contribution is 5.98. The molecule has 2 N–H and O–H groups in total. The highest BCUT2D eigenvalue weighted by Gasteiger charge is 2.44. The molecule has 0 aromatic carbocycles. The summed E-state index contributed by atoms with van der Waals surface area (Å²) in [4.78, 5) is 22.5. The molecule has 0 unspecified atom stereocenters. The molecule has 0 radical (unpaired) electrons. The molecule has 4 heteroatoms. The van der Waals surface area contributed by atoms with E-state index in [1.54, 1.807) is 6.92 Å². The van der Waals surface area contributed by atoms with Crippen LogP contribution in [0, 0.1) is 5.41 Å². The number of aliphatic carboxylic acids is 2. The summed E-state index contributed by atoms with van der Waals surface area (Å²) in [6, 6.07) is 0. The maximum atomic E-state index is 11.3. The lowest BCUT2D eigenvalue weighted by Crippen LogP contribution is -2.38. The number of unbranched alkanes of at least 4 members (excludes halogenated alkanes) is 12. The molecule has 0 aliphatic rings. The molecule has 0 atom stereocenters. The third-order valence-corrected chi connectivity index (χ3v) is 5.13. The van der Waals surface area contributed by atoms with Gasteiger partial charge in [-0.05, 0) is 12.8 Å². The molecule has 0 aromatic heterocycles. The molecule has 0 rings (SSSR count). The minimum Gasteiger partial charge on any atom is -0.480 e. The van der Waals surface area contributed by atoms with Gasteiger partial charge in [-0.3, -0.25) is 9.59 Å². The molecule has 0 aliphatic heterocycles. The molecular formula is C20H38O4. The quantitative estimate of drug-likeness (QED) is 0.250. The zero-order chi connectivity index (χ0) is 18.3. The average molecular weight is 343 g/mol. The molecule has 0 amide bonds. The van der Waals surface area contributed by atoms with Crippen LogP contribution in [0.2, 0.25) is 0 Å². The smallest absolute Gasteiger partial charge is 0.321 e. The van der Waals surface area contributed by atoms with Crippen LogP contribution in [0.1, 0.15) is 110 Å². The topological polar surface area (TPSA) is 74.6 Å². The van der Waals surface area contributed by atoms with E-state index in [0.29, 0.717) is 6.42 Å². The van der Waals surface area contributed by atoms with Gasteiger partial charge in [-0.25, -0.2) is 0 Å². The lowest BCUT2D eigenvalue weighted by molar-refractivity contribution is -0.165. The predicted octanol–water partition coefficient (Wildman–Crippen LogP) is 6.03. The Balaban J connectivity index is 3.56. The van der Waals surface area contributed by atoms with E-state index >= 15 is 0 Å². The Morgan fingerprint density at radius 2 is 0.958 bits per heavy atom. The van der Waals surface area contributed by atoms with E-state index in [9.17, 15) is 19.8 Å². The van der Waals surface area contributed by atoms with Crippen molar-refractivity contribution in [1.29, 1.82) is 0 Å². The average Bonchev–Trinajstić information content (AvgIpc) is 2.55. The van der Waals surface area contributed by atoms with E-state index in [4.69, 9.17) is 0 Å². The van der Waals surface area contributed by atoms with Crippen LogP contribution in [-0.2, 0) is 9.59 Å². The molecule has 0 aromatic rings. The van der Waals surface area contributed by atoms with Crippen molar-refractivity contribution in [3.63, 3.8) is 0 Å². The van der Waals surface area contributed by atoms with Gasteiger partial charge in [0.05, 0.1) is 0 Å². The second kappa shape index (κ2) is 14.3.